The number of aliphatic hydroxyl groups is 3. The van der Waals surface area contributed by atoms with Crippen LogP contribution in [0.25, 0.3) is 11.2 Å². The molecule has 0 amide bonds. The van der Waals surface area contributed by atoms with Crippen LogP contribution in [0, 0.1) is 0 Å². The Labute approximate surface area is 144 Å². The lowest BCUT2D eigenvalue weighted by atomic mass is 10.1. The number of hydrogen-bond donors (Lipinski definition) is 5. The summed E-state index contributed by atoms with van der Waals surface area (Å²) in [6.45, 7) is 1.05. The second-order valence-corrected chi connectivity index (χ2v) is 6.05. The summed E-state index contributed by atoms with van der Waals surface area (Å²) < 4.78 is 7.08. The fourth-order valence-corrected chi connectivity index (χ4v) is 2.93. The molecule has 10 nitrogen and oxygen atoms in total. The van der Waals surface area contributed by atoms with Gasteiger partial charge in [-0.2, -0.15) is 0 Å². The minimum atomic E-state index is -1.18. The Balaban J connectivity index is 1.77. The Morgan fingerprint density at radius 2 is 2.00 bits per heavy atom. The lowest BCUT2D eigenvalue weighted by molar-refractivity contribution is -0.0511. The summed E-state index contributed by atoms with van der Waals surface area (Å²) in [5.41, 5.74) is 6.52. The van der Waals surface area contributed by atoms with Crippen molar-refractivity contribution in [3.63, 3.8) is 0 Å². The van der Waals surface area contributed by atoms with E-state index in [0.29, 0.717) is 23.5 Å². The lowest BCUT2D eigenvalue weighted by Crippen LogP contribution is -2.33. The third-order valence-electron chi connectivity index (χ3n) is 4.32. The highest BCUT2D eigenvalue weighted by Crippen LogP contribution is 2.32. The van der Waals surface area contributed by atoms with Gasteiger partial charge in [0.05, 0.1) is 12.9 Å². The van der Waals surface area contributed by atoms with Crippen LogP contribution in [-0.4, -0.2) is 72.8 Å². The van der Waals surface area contributed by atoms with Crippen molar-refractivity contribution in [2.45, 2.75) is 43.8 Å². The van der Waals surface area contributed by atoms with Crippen LogP contribution in [-0.2, 0) is 4.74 Å². The van der Waals surface area contributed by atoms with Crippen molar-refractivity contribution in [3.05, 3.63) is 12.7 Å². The van der Waals surface area contributed by atoms with Crippen LogP contribution in [0.3, 0.4) is 0 Å². The number of aromatic nitrogens is 4. The predicted octanol–water partition coefficient (Wildman–Crippen LogP) is -1.02. The van der Waals surface area contributed by atoms with E-state index >= 15 is 0 Å². The van der Waals surface area contributed by atoms with Crippen molar-refractivity contribution in [2.24, 2.45) is 5.73 Å². The fourth-order valence-electron chi connectivity index (χ4n) is 2.93. The van der Waals surface area contributed by atoms with Crippen LogP contribution >= 0.6 is 0 Å². The van der Waals surface area contributed by atoms with E-state index in [1.165, 1.54) is 12.7 Å². The van der Waals surface area contributed by atoms with Crippen molar-refractivity contribution in [3.8, 4) is 0 Å². The van der Waals surface area contributed by atoms with E-state index in [9.17, 15) is 15.3 Å². The normalized spacial score (nSPS) is 26.4. The average Bonchev–Trinajstić information content (AvgIpc) is 3.17. The van der Waals surface area contributed by atoms with Gasteiger partial charge in [0.15, 0.2) is 23.2 Å². The average molecular weight is 352 g/mol. The standard InChI is InChI=1S/C15H24N6O4/c16-4-2-1-3-5-17-13-10-14(19-7-18-13)21(8-20-10)15-12(24)11(23)9(6-22)25-15/h7-9,11-12,15,22-24H,1-6,16H2,(H,17,18,19)/t9-,11-,12-,15-/m1/s1. The number of anilines is 1. The maximum atomic E-state index is 10.2. The molecule has 138 valence electrons. The van der Waals surface area contributed by atoms with Crippen LogP contribution in [0.4, 0.5) is 5.82 Å². The van der Waals surface area contributed by atoms with Gasteiger partial charge in [0, 0.05) is 6.54 Å². The molecule has 0 saturated carbocycles. The fraction of sp³-hybridized carbons (Fsp3) is 0.667. The zero-order valence-corrected chi connectivity index (χ0v) is 13.8. The molecule has 0 spiro atoms. The Bertz CT molecular complexity index is 696. The predicted molar refractivity (Wildman–Crippen MR) is 89.7 cm³/mol. The van der Waals surface area contributed by atoms with Gasteiger partial charge < -0.3 is 31.1 Å². The molecule has 0 aromatic carbocycles. The Morgan fingerprint density at radius 3 is 2.72 bits per heavy atom. The van der Waals surface area contributed by atoms with E-state index < -0.39 is 24.5 Å². The number of fused-ring (bicyclic) bond motifs is 1. The number of nitrogens with two attached hydrogens (primary N) is 1. The monoisotopic (exact) mass is 352 g/mol. The highest BCUT2D eigenvalue weighted by Gasteiger charge is 2.44. The molecular formula is C15H24N6O4. The van der Waals surface area contributed by atoms with Crippen LogP contribution in [0.5, 0.6) is 0 Å². The molecule has 3 heterocycles. The van der Waals surface area contributed by atoms with Crippen molar-refractivity contribution in [1.82, 2.24) is 19.5 Å². The largest absolute Gasteiger partial charge is 0.394 e. The topological polar surface area (TPSA) is 152 Å². The minimum Gasteiger partial charge on any atom is -0.394 e. The van der Waals surface area contributed by atoms with Gasteiger partial charge in [0.1, 0.15) is 24.6 Å². The Morgan fingerprint density at radius 1 is 1.16 bits per heavy atom. The molecular weight excluding hydrogens is 328 g/mol. The van der Waals surface area contributed by atoms with E-state index in [-0.39, 0.29) is 6.61 Å². The minimum absolute atomic E-state index is 0.383. The first kappa shape index (κ1) is 18.0. The maximum Gasteiger partial charge on any atom is 0.167 e. The molecule has 1 fully saturated rings. The number of unbranched alkanes of at least 4 members (excludes halogenated alkanes) is 2. The van der Waals surface area contributed by atoms with Gasteiger partial charge in [-0.3, -0.25) is 4.57 Å². The van der Waals surface area contributed by atoms with E-state index in [2.05, 4.69) is 20.3 Å². The number of aliphatic hydroxyl groups excluding tert-OH is 3. The van der Waals surface area contributed by atoms with Crippen molar-refractivity contribution in [2.75, 3.05) is 25.0 Å². The quantitative estimate of drug-likeness (QED) is 0.376. The van der Waals surface area contributed by atoms with Gasteiger partial charge >= 0.3 is 0 Å². The van der Waals surface area contributed by atoms with Gasteiger partial charge in [0.25, 0.3) is 0 Å². The van der Waals surface area contributed by atoms with Crippen LogP contribution in [0.15, 0.2) is 12.7 Å². The van der Waals surface area contributed by atoms with E-state index in [0.717, 1.165) is 25.8 Å². The summed E-state index contributed by atoms with van der Waals surface area (Å²) in [5.74, 6) is 0.600. The van der Waals surface area contributed by atoms with Gasteiger partial charge in [-0.1, -0.05) is 6.42 Å². The highest BCUT2D eigenvalue weighted by atomic mass is 16.6. The number of nitrogens with one attached hydrogen (secondary N) is 1. The van der Waals surface area contributed by atoms with Gasteiger partial charge in [-0.15, -0.1) is 0 Å². The second kappa shape index (κ2) is 8.02. The number of rotatable bonds is 8. The zero-order chi connectivity index (χ0) is 17.8. The Kier molecular flexibility index (Phi) is 5.76. The zero-order valence-electron chi connectivity index (χ0n) is 13.8. The summed E-state index contributed by atoms with van der Waals surface area (Å²) in [6.07, 6.45) is 1.81. The van der Waals surface area contributed by atoms with Crippen molar-refractivity contribution >= 4 is 17.0 Å². The number of imidazole rings is 1. The molecule has 3 rings (SSSR count). The third-order valence-corrected chi connectivity index (χ3v) is 4.32. The molecule has 6 N–H and O–H groups in total. The molecule has 1 aliphatic rings. The first-order valence-electron chi connectivity index (χ1n) is 8.41. The van der Waals surface area contributed by atoms with Crippen LogP contribution in [0.1, 0.15) is 25.5 Å². The van der Waals surface area contributed by atoms with Gasteiger partial charge in [-0.25, -0.2) is 15.0 Å². The highest BCUT2D eigenvalue weighted by molar-refractivity contribution is 5.82. The Hall–Kier alpha value is -1.85. The number of hydrogen-bond acceptors (Lipinski definition) is 9. The smallest absolute Gasteiger partial charge is 0.167 e. The molecule has 1 aliphatic heterocycles. The van der Waals surface area contributed by atoms with Gasteiger partial charge in [0.2, 0.25) is 0 Å². The molecule has 10 heteroatoms. The van der Waals surface area contributed by atoms with E-state index in [1.54, 1.807) is 4.57 Å². The van der Waals surface area contributed by atoms with E-state index in [4.69, 9.17) is 10.5 Å². The summed E-state index contributed by atoms with van der Waals surface area (Å²) in [5, 5.41) is 32.5. The van der Waals surface area contributed by atoms with Crippen molar-refractivity contribution < 1.29 is 20.1 Å². The molecule has 4 atom stereocenters. The first-order chi connectivity index (χ1) is 12.2. The lowest BCUT2D eigenvalue weighted by Gasteiger charge is -2.16. The SMILES string of the molecule is NCCCCCNc1ncnc2c1ncn2[C@@H]1O[C@H](CO)[C@@H](O)[C@H]1O. The molecule has 0 bridgehead atoms. The summed E-state index contributed by atoms with van der Waals surface area (Å²) in [6, 6.07) is 0. The number of nitrogens with zero attached hydrogens (tertiary/aromatic N) is 4. The van der Waals surface area contributed by atoms with Crippen molar-refractivity contribution in [1.29, 1.82) is 0 Å². The molecule has 0 aliphatic carbocycles. The number of ether oxygens (including phenoxy) is 1. The molecule has 1 saturated heterocycles. The molecule has 0 radical (unpaired) electrons. The first-order valence-corrected chi connectivity index (χ1v) is 8.41. The molecule has 2 aromatic heterocycles. The summed E-state index contributed by atoms with van der Waals surface area (Å²) in [7, 11) is 0. The molecule has 25 heavy (non-hydrogen) atoms. The maximum absolute atomic E-state index is 10.2. The molecule has 0 unspecified atom stereocenters. The second-order valence-electron chi connectivity index (χ2n) is 6.05. The summed E-state index contributed by atoms with van der Waals surface area (Å²) >= 11 is 0. The van der Waals surface area contributed by atoms with Crippen LogP contribution < -0.4 is 11.1 Å². The van der Waals surface area contributed by atoms with Gasteiger partial charge in [-0.05, 0) is 19.4 Å². The van der Waals surface area contributed by atoms with E-state index in [1.807, 2.05) is 0 Å². The third kappa shape index (κ3) is 3.58. The summed E-state index contributed by atoms with van der Waals surface area (Å²) in [4.78, 5) is 12.7. The molecule has 2 aromatic rings. The van der Waals surface area contributed by atoms with Crippen LogP contribution in [0.2, 0.25) is 0 Å².